The lowest BCUT2D eigenvalue weighted by Gasteiger charge is -2.09. The Labute approximate surface area is 124 Å². The number of carbonyl (C=O) groups excluding carboxylic acids is 2. The third-order valence-corrected chi connectivity index (χ3v) is 2.48. The molecular formula is C13H23N5O3. The molecule has 3 N–H and O–H groups in total. The van der Waals surface area contributed by atoms with Gasteiger partial charge in [-0.05, 0) is 13.8 Å². The molecule has 0 aliphatic heterocycles. The van der Waals surface area contributed by atoms with Crippen LogP contribution in [0.15, 0.2) is 4.52 Å². The molecule has 1 aromatic heterocycles. The molecule has 8 heteroatoms. The largest absolute Gasteiger partial charge is 0.352 e. The summed E-state index contributed by atoms with van der Waals surface area (Å²) in [7, 11) is 0. The Morgan fingerprint density at radius 2 is 1.90 bits per heavy atom. The molecule has 0 unspecified atom stereocenters. The first-order valence-corrected chi connectivity index (χ1v) is 7.02. The Morgan fingerprint density at radius 3 is 2.48 bits per heavy atom. The van der Waals surface area contributed by atoms with Gasteiger partial charge in [-0.15, -0.1) is 0 Å². The fourth-order valence-corrected chi connectivity index (χ4v) is 1.48. The van der Waals surface area contributed by atoms with E-state index in [1.165, 1.54) is 0 Å². The number of aromatic nitrogens is 2. The maximum atomic E-state index is 11.5. The van der Waals surface area contributed by atoms with Crippen LogP contribution in [0.25, 0.3) is 0 Å². The normalized spacial score (nSPS) is 10.8. The average molecular weight is 297 g/mol. The number of nitrogens with one attached hydrogen (secondary N) is 3. The molecular weight excluding hydrogens is 274 g/mol. The number of carbonyl (C=O) groups is 2. The molecule has 0 fully saturated rings. The summed E-state index contributed by atoms with van der Waals surface area (Å²) in [6, 6.07) is -0.354. The van der Waals surface area contributed by atoms with Crippen molar-refractivity contribution >= 4 is 11.9 Å². The van der Waals surface area contributed by atoms with Crippen LogP contribution in [0, 0.1) is 0 Å². The Kier molecular flexibility index (Phi) is 6.64. The second-order valence-electron chi connectivity index (χ2n) is 5.28. The Hall–Kier alpha value is -2.12. The van der Waals surface area contributed by atoms with Gasteiger partial charge in [0.1, 0.15) is 0 Å². The highest BCUT2D eigenvalue weighted by molar-refractivity contribution is 5.83. The summed E-state index contributed by atoms with van der Waals surface area (Å²) in [6.07, 6.45) is 0.450. The molecule has 0 spiro atoms. The van der Waals surface area contributed by atoms with Crippen LogP contribution in [0.3, 0.4) is 0 Å². The number of amides is 3. The topological polar surface area (TPSA) is 109 Å². The molecule has 1 rings (SSSR count). The van der Waals surface area contributed by atoms with Crippen LogP contribution in [-0.4, -0.2) is 41.2 Å². The van der Waals surface area contributed by atoms with Crippen LogP contribution in [0.5, 0.6) is 0 Å². The zero-order valence-electron chi connectivity index (χ0n) is 12.9. The van der Waals surface area contributed by atoms with Gasteiger partial charge in [0.25, 0.3) is 0 Å². The summed E-state index contributed by atoms with van der Waals surface area (Å²) in [5, 5.41) is 11.6. The van der Waals surface area contributed by atoms with Crippen molar-refractivity contribution < 1.29 is 14.1 Å². The SMILES string of the molecule is CC(C)NC(=O)CNC(=O)NCCc1nc(C(C)C)no1. The minimum Gasteiger partial charge on any atom is -0.352 e. The molecule has 21 heavy (non-hydrogen) atoms. The highest BCUT2D eigenvalue weighted by atomic mass is 16.5. The number of nitrogens with zero attached hydrogens (tertiary/aromatic N) is 2. The van der Waals surface area contributed by atoms with Gasteiger partial charge >= 0.3 is 6.03 Å². The van der Waals surface area contributed by atoms with Crippen molar-refractivity contribution in [2.45, 2.75) is 46.1 Å². The van der Waals surface area contributed by atoms with E-state index in [2.05, 4.69) is 26.1 Å². The minimum absolute atomic E-state index is 0.0510. The lowest BCUT2D eigenvalue weighted by molar-refractivity contribution is -0.120. The zero-order chi connectivity index (χ0) is 15.8. The van der Waals surface area contributed by atoms with E-state index in [0.717, 1.165) is 0 Å². The molecule has 0 aliphatic carbocycles. The number of hydrogen-bond donors (Lipinski definition) is 3. The Morgan fingerprint density at radius 1 is 1.19 bits per heavy atom. The predicted molar refractivity (Wildman–Crippen MR) is 76.8 cm³/mol. The van der Waals surface area contributed by atoms with Crippen molar-refractivity contribution in [3.8, 4) is 0 Å². The van der Waals surface area contributed by atoms with Gasteiger partial charge in [0.05, 0.1) is 6.54 Å². The smallest absolute Gasteiger partial charge is 0.315 e. The first-order valence-electron chi connectivity index (χ1n) is 7.02. The maximum absolute atomic E-state index is 11.5. The van der Waals surface area contributed by atoms with Crippen molar-refractivity contribution in [2.24, 2.45) is 0 Å². The van der Waals surface area contributed by atoms with Crippen LogP contribution >= 0.6 is 0 Å². The number of hydrogen-bond acceptors (Lipinski definition) is 5. The van der Waals surface area contributed by atoms with Crippen LogP contribution in [0.4, 0.5) is 4.79 Å². The van der Waals surface area contributed by atoms with E-state index in [4.69, 9.17) is 4.52 Å². The molecule has 118 valence electrons. The van der Waals surface area contributed by atoms with Crippen molar-refractivity contribution in [3.05, 3.63) is 11.7 Å². The summed E-state index contributed by atoms with van der Waals surface area (Å²) in [6.45, 7) is 7.96. The van der Waals surface area contributed by atoms with Gasteiger partial charge < -0.3 is 20.5 Å². The highest BCUT2D eigenvalue weighted by Gasteiger charge is 2.10. The molecule has 0 radical (unpaired) electrons. The minimum atomic E-state index is -0.405. The van der Waals surface area contributed by atoms with E-state index < -0.39 is 6.03 Å². The van der Waals surface area contributed by atoms with Crippen LogP contribution in [-0.2, 0) is 11.2 Å². The third-order valence-electron chi connectivity index (χ3n) is 2.48. The van der Waals surface area contributed by atoms with Gasteiger partial charge in [0, 0.05) is 24.9 Å². The summed E-state index contributed by atoms with van der Waals surface area (Å²) in [4.78, 5) is 27.0. The molecule has 0 aromatic carbocycles. The third kappa shape index (κ3) is 6.73. The lowest BCUT2D eigenvalue weighted by Crippen LogP contribution is -2.44. The van der Waals surface area contributed by atoms with Crippen molar-refractivity contribution in [3.63, 3.8) is 0 Å². The van der Waals surface area contributed by atoms with Gasteiger partial charge in [-0.1, -0.05) is 19.0 Å². The molecule has 1 heterocycles. The van der Waals surface area contributed by atoms with Crippen LogP contribution < -0.4 is 16.0 Å². The molecule has 0 saturated heterocycles. The molecule has 0 saturated carbocycles. The van der Waals surface area contributed by atoms with Crippen molar-refractivity contribution in [1.29, 1.82) is 0 Å². The average Bonchev–Trinajstić information content (AvgIpc) is 2.84. The van der Waals surface area contributed by atoms with E-state index in [1.54, 1.807) is 0 Å². The summed E-state index contributed by atoms with van der Waals surface area (Å²) >= 11 is 0. The van der Waals surface area contributed by atoms with E-state index in [-0.39, 0.29) is 24.4 Å². The molecule has 0 aliphatic rings. The van der Waals surface area contributed by atoms with Crippen LogP contribution in [0.2, 0.25) is 0 Å². The molecule has 1 aromatic rings. The predicted octanol–water partition coefficient (Wildman–Crippen LogP) is 0.559. The van der Waals surface area contributed by atoms with Gasteiger partial charge in [-0.25, -0.2) is 4.79 Å². The van der Waals surface area contributed by atoms with E-state index >= 15 is 0 Å². The van der Waals surface area contributed by atoms with Gasteiger partial charge in [0.15, 0.2) is 5.82 Å². The van der Waals surface area contributed by atoms with Gasteiger partial charge in [-0.3, -0.25) is 4.79 Å². The first kappa shape index (κ1) is 16.9. The highest BCUT2D eigenvalue weighted by Crippen LogP contribution is 2.09. The Bertz CT molecular complexity index is 470. The molecule has 8 nitrogen and oxygen atoms in total. The standard InChI is InChI=1S/C13H23N5O3/c1-8(2)12-17-11(21-18-12)5-6-14-13(20)15-7-10(19)16-9(3)4/h8-9H,5-7H2,1-4H3,(H,16,19)(H2,14,15,20). The number of urea groups is 1. The first-order chi connectivity index (χ1) is 9.88. The second-order valence-corrected chi connectivity index (χ2v) is 5.28. The van der Waals surface area contributed by atoms with Crippen molar-refractivity contribution in [1.82, 2.24) is 26.1 Å². The second kappa shape index (κ2) is 8.23. The maximum Gasteiger partial charge on any atom is 0.315 e. The summed E-state index contributed by atoms with van der Waals surface area (Å²) in [5.41, 5.74) is 0. The van der Waals surface area contributed by atoms with E-state index in [9.17, 15) is 9.59 Å². The monoisotopic (exact) mass is 297 g/mol. The zero-order valence-corrected chi connectivity index (χ0v) is 12.9. The summed E-state index contributed by atoms with van der Waals surface area (Å²) < 4.78 is 5.05. The Balaban J connectivity index is 2.19. The van der Waals surface area contributed by atoms with Crippen LogP contribution in [0.1, 0.15) is 45.3 Å². The van der Waals surface area contributed by atoms with Gasteiger partial charge in [0.2, 0.25) is 11.8 Å². The van der Waals surface area contributed by atoms with E-state index in [0.29, 0.717) is 24.7 Å². The fourth-order valence-electron chi connectivity index (χ4n) is 1.48. The summed E-state index contributed by atoms with van der Waals surface area (Å²) in [5.74, 6) is 1.12. The lowest BCUT2D eigenvalue weighted by atomic mass is 10.2. The fraction of sp³-hybridized carbons (Fsp3) is 0.692. The molecule has 0 atom stereocenters. The number of rotatable bonds is 7. The van der Waals surface area contributed by atoms with Gasteiger partial charge in [-0.2, -0.15) is 4.98 Å². The van der Waals surface area contributed by atoms with Crippen molar-refractivity contribution in [2.75, 3.05) is 13.1 Å². The molecule has 3 amide bonds. The molecule has 0 bridgehead atoms. The quantitative estimate of drug-likeness (QED) is 0.681. The van der Waals surface area contributed by atoms with E-state index in [1.807, 2.05) is 27.7 Å².